The molecule has 1 saturated heterocycles. The molecule has 0 amide bonds. The fourth-order valence-electron chi connectivity index (χ4n) is 4.45. The van der Waals surface area contributed by atoms with Crippen LogP contribution in [0.15, 0.2) is 42.5 Å². The van der Waals surface area contributed by atoms with E-state index in [1.807, 2.05) is 30.3 Å². The van der Waals surface area contributed by atoms with Gasteiger partial charge in [0.15, 0.2) is 5.82 Å². The standard InChI is InChI=1S/C25H27Cl2N5O2/c1-33-24-14-19(31-9-11-34-12-10-31)5-7-22(24)28-25-15-23-21(29-30-25)3-2-8-32(23)16-17-13-18(26)4-6-20(17)27/h4-7,13-15H,2-3,8-12,16H2,1H3,(H,28,30). The van der Waals surface area contributed by atoms with E-state index in [0.717, 1.165) is 79.8 Å². The molecular formula is C25H27Cl2N5O2. The average molecular weight is 500 g/mol. The number of hydrogen-bond acceptors (Lipinski definition) is 7. The Kier molecular flexibility index (Phi) is 6.94. The van der Waals surface area contributed by atoms with Crippen molar-refractivity contribution in [3.8, 4) is 5.75 Å². The largest absolute Gasteiger partial charge is 0.494 e. The summed E-state index contributed by atoms with van der Waals surface area (Å²) in [6.07, 6.45) is 1.92. The van der Waals surface area contributed by atoms with Gasteiger partial charge in [0.25, 0.3) is 0 Å². The van der Waals surface area contributed by atoms with E-state index in [2.05, 4.69) is 37.4 Å². The number of fused-ring (bicyclic) bond motifs is 1. The van der Waals surface area contributed by atoms with E-state index >= 15 is 0 Å². The highest BCUT2D eigenvalue weighted by Crippen LogP contribution is 2.35. The number of halogens is 2. The first-order valence-electron chi connectivity index (χ1n) is 11.4. The Labute approximate surface area is 209 Å². The highest BCUT2D eigenvalue weighted by atomic mass is 35.5. The second kappa shape index (κ2) is 10.3. The molecule has 0 saturated carbocycles. The van der Waals surface area contributed by atoms with Gasteiger partial charge in [-0.3, -0.25) is 0 Å². The molecule has 5 rings (SSSR count). The maximum atomic E-state index is 6.43. The van der Waals surface area contributed by atoms with Crippen molar-refractivity contribution in [2.24, 2.45) is 0 Å². The average Bonchev–Trinajstić information content (AvgIpc) is 2.87. The van der Waals surface area contributed by atoms with Gasteiger partial charge in [-0.1, -0.05) is 23.2 Å². The zero-order valence-corrected chi connectivity index (χ0v) is 20.6. The van der Waals surface area contributed by atoms with Crippen LogP contribution < -0.4 is 19.9 Å². The van der Waals surface area contributed by atoms with Gasteiger partial charge in [-0.15, -0.1) is 5.10 Å². The van der Waals surface area contributed by atoms with Gasteiger partial charge in [-0.2, -0.15) is 5.10 Å². The normalized spacial score (nSPS) is 15.7. The summed E-state index contributed by atoms with van der Waals surface area (Å²) in [6.45, 7) is 4.80. The molecule has 2 aromatic carbocycles. The molecule has 2 aliphatic heterocycles. The first-order chi connectivity index (χ1) is 16.6. The van der Waals surface area contributed by atoms with Crippen molar-refractivity contribution in [2.45, 2.75) is 19.4 Å². The van der Waals surface area contributed by atoms with Gasteiger partial charge in [-0.25, -0.2) is 0 Å². The van der Waals surface area contributed by atoms with Gasteiger partial charge < -0.3 is 24.6 Å². The van der Waals surface area contributed by atoms with Crippen molar-refractivity contribution in [1.29, 1.82) is 0 Å². The number of anilines is 4. The first-order valence-corrected chi connectivity index (χ1v) is 12.2. The Morgan fingerprint density at radius 3 is 2.71 bits per heavy atom. The van der Waals surface area contributed by atoms with Crippen LogP contribution in [0.4, 0.5) is 22.9 Å². The Morgan fingerprint density at radius 2 is 1.88 bits per heavy atom. The topological polar surface area (TPSA) is 62.8 Å². The molecule has 1 fully saturated rings. The van der Waals surface area contributed by atoms with Gasteiger partial charge in [0.2, 0.25) is 0 Å². The molecule has 7 nitrogen and oxygen atoms in total. The maximum Gasteiger partial charge on any atom is 0.155 e. The van der Waals surface area contributed by atoms with Crippen LogP contribution in [0.1, 0.15) is 17.7 Å². The van der Waals surface area contributed by atoms with Gasteiger partial charge >= 0.3 is 0 Å². The number of methoxy groups -OCH3 is 1. The molecule has 3 heterocycles. The number of rotatable bonds is 6. The fourth-order valence-corrected chi connectivity index (χ4v) is 4.82. The van der Waals surface area contributed by atoms with Crippen molar-refractivity contribution in [3.05, 3.63) is 63.8 Å². The molecule has 34 heavy (non-hydrogen) atoms. The summed E-state index contributed by atoms with van der Waals surface area (Å²) in [6, 6.07) is 13.8. The van der Waals surface area contributed by atoms with Crippen LogP contribution in [0.25, 0.3) is 0 Å². The van der Waals surface area contributed by atoms with E-state index in [9.17, 15) is 0 Å². The lowest BCUT2D eigenvalue weighted by molar-refractivity contribution is 0.122. The van der Waals surface area contributed by atoms with E-state index in [-0.39, 0.29) is 0 Å². The monoisotopic (exact) mass is 499 g/mol. The maximum absolute atomic E-state index is 6.43. The Hall–Kier alpha value is -2.74. The Bertz CT molecular complexity index is 1170. The summed E-state index contributed by atoms with van der Waals surface area (Å²) >= 11 is 12.6. The number of nitrogens with one attached hydrogen (secondary N) is 1. The first kappa shape index (κ1) is 23.0. The Morgan fingerprint density at radius 1 is 1.03 bits per heavy atom. The number of nitrogens with zero attached hydrogens (tertiary/aromatic N) is 4. The van der Waals surface area contributed by atoms with Gasteiger partial charge in [0.1, 0.15) is 5.75 Å². The highest BCUT2D eigenvalue weighted by molar-refractivity contribution is 6.33. The van der Waals surface area contributed by atoms with Crippen LogP contribution >= 0.6 is 23.2 Å². The Balaban J connectivity index is 1.38. The number of aromatic nitrogens is 2. The molecule has 178 valence electrons. The lowest BCUT2D eigenvalue weighted by atomic mass is 10.1. The van der Waals surface area contributed by atoms with Crippen LogP contribution in [-0.2, 0) is 17.7 Å². The molecule has 0 unspecified atom stereocenters. The second-order valence-corrected chi connectivity index (χ2v) is 9.27. The molecular weight excluding hydrogens is 473 g/mol. The quantitative estimate of drug-likeness (QED) is 0.491. The zero-order valence-electron chi connectivity index (χ0n) is 19.1. The van der Waals surface area contributed by atoms with Crippen molar-refractivity contribution < 1.29 is 9.47 Å². The van der Waals surface area contributed by atoms with E-state index in [1.165, 1.54) is 0 Å². The molecule has 2 aliphatic rings. The van der Waals surface area contributed by atoms with Gasteiger partial charge in [0, 0.05) is 54.0 Å². The summed E-state index contributed by atoms with van der Waals surface area (Å²) < 4.78 is 11.1. The molecule has 0 aliphatic carbocycles. The van der Waals surface area contributed by atoms with Crippen molar-refractivity contribution in [3.63, 3.8) is 0 Å². The molecule has 0 spiro atoms. The van der Waals surface area contributed by atoms with Crippen LogP contribution in [0.2, 0.25) is 10.0 Å². The van der Waals surface area contributed by atoms with Crippen molar-refractivity contribution >= 4 is 46.1 Å². The van der Waals surface area contributed by atoms with E-state index in [1.54, 1.807) is 7.11 Å². The van der Waals surface area contributed by atoms with Crippen LogP contribution in [0.3, 0.4) is 0 Å². The van der Waals surface area contributed by atoms with Crippen LogP contribution in [0, 0.1) is 0 Å². The van der Waals surface area contributed by atoms with E-state index in [4.69, 9.17) is 32.7 Å². The summed E-state index contributed by atoms with van der Waals surface area (Å²) in [5.74, 6) is 1.42. The number of aryl methyl sites for hydroxylation is 1. The number of hydrogen-bond donors (Lipinski definition) is 1. The predicted octanol–water partition coefficient (Wildman–Crippen LogP) is 5.33. The lowest BCUT2D eigenvalue weighted by Gasteiger charge is -2.31. The van der Waals surface area contributed by atoms with Crippen molar-refractivity contribution in [2.75, 3.05) is 55.1 Å². The van der Waals surface area contributed by atoms with E-state index in [0.29, 0.717) is 22.4 Å². The summed E-state index contributed by atoms with van der Waals surface area (Å²) in [7, 11) is 1.68. The molecule has 1 aromatic heterocycles. The minimum atomic E-state index is 0.662. The SMILES string of the molecule is COc1cc(N2CCOCC2)ccc1Nc1cc2c(nn1)CCCN2Cc1cc(Cl)ccc1Cl. The minimum Gasteiger partial charge on any atom is -0.494 e. The van der Waals surface area contributed by atoms with Crippen molar-refractivity contribution in [1.82, 2.24) is 10.2 Å². The predicted molar refractivity (Wildman–Crippen MR) is 137 cm³/mol. The number of ether oxygens (including phenoxy) is 2. The third kappa shape index (κ3) is 5.02. The third-order valence-corrected chi connectivity index (χ3v) is 6.83. The second-order valence-electron chi connectivity index (χ2n) is 8.43. The molecule has 0 atom stereocenters. The van der Waals surface area contributed by atoms with Crippen LogP contribution in [-0.4, -0.2) is 50.2 Å². The molecule has 1 N–H and O–H groups in total. The molecule has 3 aromatic rings. The summed E-state index contributed by atoms with van der Waals surface area (Å²) in [5.41, 5.74) is 5.00. The third-order valence-electron chi connectivity index (χ3n) is 6.22. The highest BCUT2D eigenvalue weighted by Gasteiger charge is 2.21. The minimum absolute atomic E-state index is 0.662. The summed E-state index contributed by atoms with van der Waals surface area (Å²) in [4.78, 5) is 4.59. The molecule has 9 heteroatoms. The lowest BCUT2D eigenvalue weighted by Crippen LogP contribution is -2.36. The zero-order chi connectivity index (χ0) is 23.5. The smallest absolute Gasteiger partial charge is 0.155 e. The number of morpholine rings is 1. The van der Waals surface area contributed by atoms with Crippen LogP contribution in [0.5, 0.6) is 5.75 Å². The summed E-state index contributed by atoms with van der Waals surface area (Å²) in [5, 5.41) is 13.7. The van der Waals surface area contributed by atoms with Gasteiger partial charge in [0.05, 0.1) is 37.4 Å². The van der Waals surface area contributed by atoms with Gasteiger partial charge in [-0.05, 0) is 48.7 Å². The molecule has 0 radical (unpaired) electrons. The van der Waals surface area contributed by atoms with E-state index < -0.39 is 0 Å². The number of benzene rings is 2. The fraction of sp³-hybridized carbons (Fsp3) is 0.360. The molecule has 0 bridgehead atoms.